The molecule has 1 atom stereocenters. The number of aliphatic hydroxyl groups is 2. The average molecular weight is 254 g/mol. The van der Waals surface area contributed by atoms with Crippen LogP contribution < -0.4 is 0 Å². The summed E-state index contributed by atoms with van der Waals surface area (Å²) in [6.45, 7) is 0.0823. The van der Waals surface area contributed by atoms with Crippen LogP contribution in [-0.2, 0) is 13.2 Å². The van der Waals surface area contributed by atoms with Crippen LogP contribution in [0, 0.1) is 0 Å². The Hall–Kier alpha value is -1.43. The molecule has 0 aliphatic carbocycles. The van der Waals surface area contributed by atoms with Gasteiger partial charge in [0.05, 0.1) is 19.3 Å². The van der Waals surface area contributed by atoms with Gasteiger partial charge in [0.15, 0.2) is 0 Å². The van der Waals surface area contributed by atoms with Crippen molar-refractivity contribution in [3.8, 4) is 0 Å². The van der Waals surface area contributed by atoms with E-state index in [0.29, 0.717) is 16.3 Å². The van der Waals surface area contributed by atoms with Crippen molar-refractivity contribution in [2.45, 2.75) is 19.3 Å². The molecule has 0 bridgehead atoms. The van der Waals surface area contributed by atoms with Gasteiger partial charge in [-0.25, -0.2) is 4.68 Å². The second-order valence-corrected chi connectivity index (χ2v) is 4.03. The standard InChI is InChI=1S/C11H12ClN3O2/c12-10-4-2-1-3-9(10)11(17)6-15-5-8(7-16)13-14-15/h1-5,11,16-17H,6-7H2/t11-/m1/s1. The molecule has 5 nitrogen and oxygen atoms in total. The number of hydrogen-bond acceptors (Lipinski definition) is 4. The zero-order chi connectivity index (χ0) is 12.3. The molecule has 0 spiro atoms. The third-order valence-corrected chi connectivity index (χ3v) is 2.72. The van der Waals surface area contributed by atoms with Crippen LogP contribution in [-0.4, -0.2) is 25.2 Å². The van der Waals surface area contributed by atoms with Crippen molar-refractivity contribution in [2.75, 3.05) is 0 Å². The molecule has 0 unspecified atom stereocenters. The summed E-state index contributed by atoms with van der Waals surface area (Å²) in [6.07, 6.45) is 0.831. The van der Waals surface area contributed by atoms with Crippen molar-refractivity contribution in [1.29, 1.82) is 0 Å². The molecule has 0 saturated heterocycles. The van der Waals surface area contributed by atoms with E-state index in [-0.39, 0.29) is 13.2 Å². The summed E-state index contributed by atoms with van der Waals surface area (Å²) < 4.78 is 1.47. The summed E-state index contributed by atoms with van der Waals surface area (Å²) in [4.78, 5) is 0. The van der Waals surface area contributed by atoms with Crippen molar-refractivity contribution < 1.29 is 10.2 Å². The van der Waals surface area contributed by atoms with E-state index in [1.54, 1.807) is 24.4 Å². The van der Waals surface area contributed by atoms with E-state index in [1.165, 1.54) is 4.68 Å². The predicted molar refractivity (Wildman–Crippen MR) is 62.4 cm³/mol. The number of benzene rings is 1. The highest BCUT2D eigenvalue weighted by atomic mass is 35.5. The van der Waals surface area contributed by atoms with Gasteiger partial charge in [0.25, 0.3) is 0 Å². The van der Waals surface area contributed by atoms with Crippen molar-refractivity contribution in [2.24, 2.45) is 0 Å². The highest BCUT2D eigenvalue weighted by Crippen LogP contribution is 2.23. The highest BCUT2D eigenvalue weighted by molar-refractivity contribution is 6.31. The molecule has 2 aromatic rings. The van der Waals surface area contributed by atoms with Crippen molar-refractivity contribution >= 4 is 11.6 Å². The smallest absolute Gasteiger partial charge is 0.108 e. The molecule has 0 aliphatic heterocycles. The molecule has 1 aromatic carbocycles. The Balaban J connectivity index is 2.11. The molecular weight excluding hydrogens is 242 g/mol. The summed E-state index contributed by atoms with van der Waals surface area (Å²) in [5.41, 5.74) is 1.12. The Bertz CT molecular complexity index is 501. The van der Waals surface area contributed by atoms with Gasteiger partial charge in [-0.15, -0.1) is 5.10 Å². The van der Waals surface area contributed by atoms with Gasteiger partial charge in [0.1, 0.15) is 11.8 Å². The van der Waals surface area contributed by atoms with Gasteiger partial charge in [0.2, 0.25) is 0 Å². The quantitative estimate of drug-likeness (QED) is 0.858. The topological polar surface area (TPSA) is 71.2 Å². The number of aliphatic hydroxyl groups excluding tert-OH is 2. The molecule has 2 N–H and O–H groups in total. The largest absolute Gasteiger partial charge is 0.390 e. The number of hydrogen-bond donors (Lipinski definition) is 2. The van der Waals surface area contributed by atoms with E-state index in [2.05, 4.69) is 10.3 Å². The van der Waals surface area contributed by atoms with Crippen molar-refractivity contribution in [1.82, 2.24) is 15.0 Å². The molecule has 0 amide bonds. The third-order valence-electron chi connectivity index (χ3n) is 2.37. The summed E-state index contributed by atoms with van der Waals surface area (Å²) in [5, 5.41) is 26.9. The van der Waals surface area contributed by atoms with Gasteiger partial charge >= 0.3 is 0 Å². The summed E-state index contributed by atoms with van der Waals surface area (Å²) in [6, 6.07) is 7.10. The molecule has 0 aliphatic rings. The minimum atomic E-state index is -0.753. The first-order valence-corrected chi connectivity index (χ1v) is 5.51. The zero-order valence-corrected chi connectivity index (χ0v) is 9.75. The number of nitrogens with zero attached hydrogens (tertiary/aromatic N) is 3. The van der Waals surface area contributed by atoms with Gasteiger partial charge in [-0.3, -0.25) is 0 Å². The lowest BCUT2D eigenvalue weighted by Gasteiger charge is -2.11. The number of rotatable bonds is 4. The van der Waals surface area contributed by atoms with E-state index in [0.717, 1.165) is 0 Å². The normalized spacial score (nSPS) is 12.6. The van der Waals surface area contributed by atoms with E-state index >= 15 is 0 Å². The second-order valence-electron chi connectivity index (χ2n) is 3.63. The predicted octanol–water partition coefficient (Wildman–Crippen LogP) is 1.16. The van der Waals surface area contributed by atoms with Gasteiger partial charge < -0.3 is 10.2 Å². The van der Waals surface area contributed by atoms with Crippen molar-refractivity contribution in [3.05, 3.63) is 46.7 Å². The van der Waals surface area contributed by atoms with Crippen molar-refractivity contribution in [3.63, 3.8) is 0 Å². The van der Waals surface area contributed by atoms with E-state index in [1.807, 2.05) is 6.07 Å². The first kappa shape index (κ1) is 12.0. The third kappa shape index (κ3) is 2.82. The maximum absolute atomic E-state index is 10.0. The molecule has 0 fully saturated rings. The molecule has 6 heteroatoms. The Morgan fingerprint density at radius 3 is 2.76 bits per heavy atom. The lowest BCUT2D eigenvalue weighted by atomic mass is 10.1. The SMILES string of the molecule is OCc1cn(C[C@@H](O)c2ccccc2Cl)nn1. The minimum absolute atomic E-state index is 0.164. The first-order valence-electron chi connectivity index (χ1n) is 5.13. The second kappa shape index (κ2) is 5.27. The van der Waals surface area contributed by atoms with Crippen LogP contribution in [0.3, 0.4) is 0 Å². The van der Waals surface area contributed by atoms with Crippen LogP contribution >= 0.6 is 11.6 Å². The number of halogens is 1. The Morgan fingerprint density at radius 1 is 1.35 bits per heavy atom. The van der Waals surface area contributed by atoms with Crippen LogP contribution in [0.5, 0.6) is 0 Å². The van der Waals surface area contributed by atoms with E-state index < -0.39 is 6.10 Å². The van der Waals surface area contributed by atoms with Crippen LogP contribution in [0.25, 0.3) is 0 Å². The molecule has 17 heavy (non-hydrogen) atoms. The maximum atomic E-state index is 10.0. The molecule has 90 valence electrons. The van der Waals surface area contributed by atoms with Crippen LogP contribution in [0.4, 0.5) is 0 Å². The summed E-state index contributed by atoms with van der Waals surface area (Å²) >= 11 is 5.97. The molecule has 1 heterocycles. The fourth-order valence-electron chi connectivity index (χ4n) is 1.52. The maximum Gasteiger partial charge on any atom is 0.108 e. The highest BCUT2D eigenvalue weighted by Gasteiger charge is 2.12. The fraction of sp³-hybridized carbons (Fsp3) is 0.273. The monoisotopic (exact) mass is 253 g/mol. The van der Waals surface area contributed by atoms with E-state index in [9.17, 15) is 5.11 Å². The molecule has 2 rings (SSSR count). The van der Waals surface area contributed by atoms with Crippen LogP contribution in [0.1, 0.15) is 17.4 Å². The zero-order valence-electron chi connectivity index (χ0n) is 8.99. The van der Waals surface area contributed by atoms with Gasteiger partial charge in [0, 0.05) is 10.6 Å². The first-order chi connectivity index (χ1) is 8.20. The fourth-order valence-corrected chi connectivity index (χ4v) is 1.78. The molecule has 0 saturated carbocycles. The number of aromatic nitrogens is 3. The van der Waals surface area contributed by atoms with E-state index in [4.69, 9.17) is 16.7 Å². The molecule has 0 radical (unpaired) electrons. The Labute approximate surface area is 103 Å². The minimum Gasteiger partial charge on any atom is -0.390 e. The average Bonchev–Trinajstić information content (AvgIpc) is 2.77. The van der Waals surface area contributed by atoms with Gasteiger partial charge in [-0.1, -0.05) is 35.0 Å². The molecular formula is C11H12ClN3O2. The summed E-state index contributed by atoms with van der Waals surface area (Å²) in [5.74, 6) is 0. The Morgan fingerprint density at radius 2 is 2.12 bits per heavy atom. The lowest BCUT2D eigenvalue weighted by molar-refractivity contribution is 0.150. The van der Waals surface area contributed by atoms with Gasteiger partial charge in [-0.2, -0.15) is 0 Å². The van der Waals surface area contributed by atoms with Gasteiger partial charge in [-0.05, 0) is 6.07 Å². The van der Waals surface area contributed by atoms with Crippen LogP contribution in [0.15, 0.2) is 30.5 Å². The molecule has 1 aromatic heterocycles. The lowest BCUT2D eigenvalue weighted by Crippen LogP contribution is -2.09. The van der Waals surface area contributed by atoms with Crippen LogP contribution in [0.2, 0.25) is 5.02 Å². The Kier molecular flexibility index (Phi) is 3.73. The summed E-state index contributed by atoms with van der Waals surface area (Å²) in [7, 11) is 0.